The molecule has 0 unspecified atom stereocenters. The van der Waals surface area contributed by atoms with E-state index >= 15 is 0 Å². The summed E-state index contributed by atoms with van der Waals surface area (Å²) >= 11 is 5.27. The zero-order valence-corrected chi connectivity index (χ0v) is 21.0. The normalized spacial score (nSPS) is 10.9. The second kappa shape index (κ2) is 9.79. The van der Waals surface area contributed by atoms with Crippen molar-refractivity contribution in [3.05, 3.63) is 93.7 Å². The number of aryl methyl sites for hydroxylation is 2. The van der Waals surface area contributed by atoms with Crippen LogP contribution >= 0.6 is 12.2 Å². The molecule has 0 aliphatic carbocycles. The van der Waals surface area contributed by atoms with Crippen LogP contribution in [0.5, 0.6) is 5.75 Å². The first-order valence-corrected chi connectivity index (χ1v) is 11.8. The maximum Gasteiger partial charge on any atom is 0.293 e. The highest BCUT2D eigenvalue weighted by molar-refractivity contribution is 7.80. The summed E-state index contributed by atoms with van der Waals surface area (Å²) in [6.07, 6.45) is 0. The number of rotatable bonds is 5. The molecule has 0 bridgehead atoms. The van der Waals surface area contributed by atoms with Crippen LogP contribution in [0.3, 0.4) is 0 Å². The van der Waals surface area contributed by atoms with Crippen molar-refractivity contribution in [2.24, 2.45) is 0 Å². The molecule has 10 nitrogen and oxygen atoms in total. The van der Waals surface area contributed by atoms with Gasteiger partial charge in [0.2, 0.25) is 5.89 Å². The Kier molecular flexibility index (Phi) is 6.35. The molecule has 2 aromatic heterocycles. The van der Waals surface area contributed by atoms with Crippen molar-refractivity contribution < 1.29 is 23.7 Å². The number of furan rings is 1. The number of thiocarbonyl (C=S) groups is 1. The Morgan fingerprint density at radius 3 is 2.61 bits per heavy atom. The second-order valence-electron chi connectivity index (χ2n) is 8.53. The van der Waals surface area contributed by atoms with Crippen molar-refractivity contribution in [3.8, 4) is 28.5 Å². The van der Waals surface area contributed by atoms with E-state index in [1.54, 1.807) is 24.3 Å². The number of aromatic hydroxyl groups is 1. The maximum atomic E-state index is 12.7. The number of oxazole rings is 1. The fraction of sp³-hybridized carbons (Fsp3) is 0.0741. The van der Waals surface area contributed by atoms with Gasteiger partial charge in [-0.2, -0.15) is 0 Å². The number of phenolic OH excluding ortho intramolecular Hbond substituents is 1. The monoisotopic (exact) mass is 528 g/mol. The Hall–Kier alpha value is -5.03. The molecule has 0 aliphatic heterocycles. The van der Waals surface area contributed by atoms with Crippen LogP contribution in [-0.4, -0.2) is 26.0 Å². The summed E-state index contributed by atoms with van der Waals surface area (Å²) in [5.74, 6) is -0.345. The highest BCUT2D eigenvalue weighted by Crippen LogP contribution is 2.34. The van der Waals surface area contributed by atoms with Crippen LogP contribution in [0.25, 0.3) is 33.9 Å². The predicted molar refractivity (Wildman–Crippen MR) is 145 cm³/mol. The van der Waals surface area contributed by atoms with Crippen molar-refractivity contribution >= 4 is 45.7 Å². The molecule has 0 atom stereocenters. The van der Waals surface area contributed by atoms with Crippen molar-refractivity contribution in [2.75, 3.05) is 5.32 Å². The molecule has 0 spiro atoms. The third-order valence-corrected chi connectivity index (χ3v) is 5.93. The number of carbonyl (C=O) groups excluding carboxylic acids is 1. The molecule has 190 valence electrons. The Morgan fingerprint density at radius 1 is 1.03 bits per heavy atom. The quantitative estimate of drug-likeness (QED) is 0.106. The third kappa shape index (κ3) is 4.82. The second-order valence-corrected chi connectivity index (χ2v) is 8.94. The van der Waals surface area contributed by atoms with E-state index in [1.165, 1.54) is 30.3 Å². The molecule has 0 saturated heterocycles. The number of hydrogen-bond donors (Lipinski definition) is 3. The molecule has 0 aliphatic rings. The van der Waals surface area contributed by atoms with E-state index in [0.717, 1.165) is 11.1 Å². The van der Waals surface area contributed by atoms with Crippen LogP contribution in [-0.2, 0) is 0 Å². The fourth-order valence-electron chi connectivity index (χ4n) is 4.05. The molecule has 0 fully saturated rings. The molecule has 5 aromatic rings. The summed E-state index contributed by atoms with van der Waals surface area (Å²) in [5.41, 5.74) is 4.20. The summed E-state index contributed by atoms with van der Waals surface area (Å²) in [6, 6.07) is 17.5. The van der Waals surface area contributed by atoms with Crippen LogP contribution in [0.1, 0.15) is 21.7 Å². The van der Waals surface area contributed by atoms with Gasteiger partial charge < -0.3 is 19.3 Å². The number of phenols is 1. The number of nitrogens with one attached hydrogen (secondary N) is 2. The molecule has 2 heterocycles. The number of fused-ring (bicyclic) bond motifs is 1. The van der Waals surface area contributed by atoms with Crippen LogP contribution in [0.2, 0.25) is 0 Å². The van der Waals surface area contributed by atoms with E-state index in [1.807, 2.05) is 26.0 Å². The number of benzene rings is 3. The van der Waals surface area contributed by atoms with Crippen LogP contribution in [0.15, 0.2) is 75.6 Å². The van der Waals surface area contributed by atoms with Gasteiger partial charge in [0, 0.05) is 11.8 Å². The fourth-order valence-corrected chi connectivity index (χ4v) is 4.26. The van der Waals surface area contributed by atoms with E-state index in [9.17, 15) is 20.0 Å². The van der Waals surface area contributed by atoms with E-state index in [4.69, 9.17) is 21.1 Å². The molecule has 1 amide bonds. The molecule has 3 N–H and O–H groups in total. The Labute approximate surface area is 221 Å². The third-order valence-electron chi connectivity index (χ3n) is 5.73. The van der Waals surface area contributed by atoms with E-state index in [-0.39, 0.29) is 39.5 Å². The number of nitrogens with zero attached hydrogens (tertiary/aromatic N) is 2. The van der Waals surface area contributed by atoms with Gasteiger partial charge in [-0.3, -0.25) is 20.2 Å². The summed E-state index contributed by atoms with van der Waals surface area (Å²) < 4.78 is 11.5. The van der Waals surface area contributed by atoms with Crippen molar-refractivity contribution in [2.45, 2.75) is 13.8 Å². The highest BCUT2D eigenvalue weighted by atomic mass is 32.1. The van der Waals surface area contributed by atoms with Gasteiger partial charge in [-0.05, 0) is 79.7 Å². The topological polar surface area (TPSA) is 144 Å². The summed E-state index contributed by atoms with van der Waals surface area (Å²) in [5, 5.41) is 27.1. The minimum atomic E-state index is -0.642. The molecule has 3 aromatic carbocycles. The van der Waals surface area contributed by atoms with E-state index < -0.39 is 10.8 Å². The van der Waals surface area contributed by atoms with Gasteiger partial charge in [0.05, 0.1) is 16.1 Å². The number of nitro benzene ring substituents is 1. The number of anilines is 1. The predicted octanol–water partition coefficient (Wildman–Crippen LogP) is 6.11. The van der Waals surface area contributed by atoms with Gasteiger partial charge in [-0.1, -0.05) is 18.2 Å². The zero-order chi connectivity index (χ0) is 27.0. The first kappa shape index (κ1) is 24.7. The van der Waals surface area contributed by atoms with Crippen LogP contribution in [0.4, 0.5) is 11.4 Å². The first-order valence-electron chi connectivity index (χ1n) is 11.4. The lowest BCUT2D eigenvalue weighted by Crippen LogP contribution is -2.33. The van der Waals surface area contributed by atoms with Crippen molar-refractivity contribution in [1.29, 1.82) is 0 Å². The molecule has 0 saturated carbocycles. The average Bonchev–Trinajstić information content (AvgIpc) is 3.53. The van der Waals surface area contributed by atoms with Crippen LogP contribution in [0, 0.1) is 24.0 Å². The number of para-hydroxylation sites is 1. The van der Waals surface area contributed by atoms with Gasteiger partial charge in [-0.25, -0.2) is 4.98 Å². The average molecular weight is 529 g/mol. The smallest absolute Gasteiger partial charge is 0.293 e. The summed E-state index contributed by atoms with van der Waals surface area (Å²) in [6.45, 7) is 3.89. The molecule has 38 heavy (non-hydrogen) atoms. The number of amides is 1. The number of aromatic nitrogens is 1. The van der Waals surface area contributed by atoms with Gasteiger partial charge >= 0.3 is 0 Å². The van der Waals surface area contributed by atoms with Gasteiger partial charge in [-0.15, -0.1) is 0 Å². The SMILES string of the molecule is Cc1cc(C)c2oc(-c3cc(NC(=S)NC(=O)c4ccc(-c5ccccc5[N+](=O)[O-])o4)ccc3O)nc2c1. The zero-order valence-electron chi connectivity index (χ0n) is 20.1. The lowest BCUT2D eigenvalue weighted by atomic mass is 10.1. The van der Waals surface area contributed by atoms with E-state index in [2.05, 4.69) is 15.6 Å². The molecular weight excluding hydrogens is 508 g/mol. The first-order chi connectivity index (χ1) is 18.2. The minimum Gasteiger partial charge on any atom is -0.507 e. The van der Waals surface area contributed by atoms with Crippen molar-refractivity contribution in [1.82, 2.24) is 10.3 Å². The van der Waals surface area contributed by atoms with Crippen LogP contribution < -0.4 is 10.6 Å². The standard InChI is InChI=1S/C27H20N4O6S/c1-14-11-15(2)24-19(12-14)29-26(37-24)18-13-16(7-8-21(18)32)28-27(38)30-25(33)23-10-9-22(36-23)17-5-3-4-6-20(17)31(34)35/h3-13,32H,1-2H3,(H2,28,30,33,38). The Bertz CT molecular complexity index is 1740. The number of hydrogen-bond acceptors (Lipinski definition) is 8. The molecule has 5 rings (SSSR count). The molecule has 0 radical (unpaired) electrons. The molecule has 11 heteroatoms. The summed E-state index contributed by atoms with van der Waals surface area (Å²) in [7, 11) is 0. The Morgan fingerprint density at radius 2 is 1.82 bits per heavy atom. The largest absolute Gasteiger partial charge is 0.507 e. The Balaban J connectivity index is 1.32. The highest BCUT2D eigenvalue weighted by Gasteiger charge is 2.20. The lowest BCUT2D eigenvalue weighted by Gasteiger charge is -2.10. The van der Waals surface area contributed by atoms with Gasteiger partial charge in [0.1, 0.15) is 17.0 Å². The van der Waals surface area contributed by atoms with Crippen molar-refractivity contribution in [3.63, 3.8) is 0 Å². The summed E-state index contributed by atoms with van der Waals surface area (Å²) in [4.78, 5) is 28.0. The lowest BCUT2D eigenvalue weighted by molar-refractivity contribution is -0.384. The number of nitro groups is 1. The van der Waals surface area contributed by atoms with Gasteiger partial charge in [0.15, 0.2) is 16.5 Å². The minimum absolute atomic E-state index is 0.0284. The van der Waals surface area contributed by atoms with E-state index in [0.29, 0.717) is 22.4 Å². The van der Waals surface area contributed by atoms with Gasteiger partial charge in [0.25, 0.3) is 11.6 Å². The maximum absolute atomic E-state index is 12.7. The number of carbonyl (C=O) groups is 1. The molecular formula is C27H20N4O6S.